The Morgan fingerprint density at radius 1 is 1.03 bits per heavy atom. The van der Waals surface area contributed by atoms with Crippen molar-refractivity contribution in [2.75, 3.05) is 19.8 Å². The van der Waals surface area contributed by atoms with Gasteiger partial charge in [-0.15, -0.1) is 10.2 Å². The largest absolute Gasteiger partial charge is 0.414 e. The maximum Gasteiger partial charge on any atom is 0.270 e. The standard InChI is InChI=1S/C21H17BrN6O2/c1-28(2)21(29)13-9-7-12(8-10-13)16-11-24-18(23)17(25-16)20-27-26-19(30-20)14-5-3-4-6-15(14)22/h3-11H,1-2H3,(H2,23,24). The van der Waals surface area contributed by atoms with Gasteiger partial charge in [-0.05, 0) is 40.2 Å². The van der Waals surface area contributed by atoms with E-state index in [1.807, 2.05) is 24.3 Å². The summed E-state index contributed by atoms with van der Waals surface area (Å²) < 4.78 is 6.63. The molecule has 0 aliphatic rings. The molecule has 0 atom stereocenters. The molecule has 2 aromatic heterocycles. The van der Waals surface area contributed by atoms with E-state index in [1.165, 1.54) is 4.90 Å². The van der Waals surface area contributed by atoms with E-state index in [2.05, 4.69) is 36.1 Å². The van der Waals surface area contributed by atoms with Crippen molar-refractivity contribution in [2.24, 2.45) is 0 Å². The predicted molar refractivity (Wildman–Crippen MR) is 116 cm³/mol. The smallest absolute Gasteiger partial charge is 0.270 e. The van der Waals surface area contributed by atoms with E-state index >= 15 is 0 Å². The number of aromatic nitrogens is 4. The monoisotopic (exact) mass is 464 g/mol. The third-order valence-electron chi connectivity index (χ3n) is 4.37. The van der Waals surface area contributed by atoms with Crippen LogP contribution in [0.2, 0.25) is 0 Å². The highest BCUT2D eigenvalue weighted by Gasteiger charge is 2.18. The van der Waals surface area contributed by atoms with E-state index in [0.717, 1.165) is 15.6 Å². The van der Waals surface area contributed by atoms with Gasteiger partial charge < -0.3 is 15.1 Å². The molecule has 4 aromatic rings. The molecule has 2 N–H and O–H groups in total. The van der Waals surface area contributed by atoms with Crippen molar-refractivity contribution < 1.29 is 9.21 Å². The SMILES string of the molecule is CN(C)C(=O)c1ccc(-c2cnc(N)c(-c3nnc(-c4ccccc4Br)o3)n2)cc1. The number of nitrogens with zero attached hydrogens (tertiary/aromatic N) is 5. The molecule has 9 heteroatoms. The summed E-state index contributed by atoms with van der Waals surface area (Å²) in [6.45, 7) is 0. The molecule has 2 aromatic carbocycles. The van der Waals surface area contributed by atoms with E-state index in [4.69, 9.17) is 10.2 Å². The molecule has 30 heavy (non-hydrogen) atoms. The van der Waals surface area contributed by atoms with Gasteiger partial charge in [0.1, 0.15) is 0 Å². The fourth-order valence-electron chi connectivity index (χ4n) is 2.80. The van der Waals surface area contributed by atoms with Gasteiger partial charge in [-0.25, -0.2) is 9.97 Å². The maximum absolute atomic E-state index is 12.1. The number of anilines is 1. The molecule has 0 aliphatic heterocycles. The van der Waals surface area contributed by atoms with Crippen molar-refractivity contribution in [3.05, 3.63) is 64.8 Å². The molecule has 150 valence electrons. The van der Waals surface area contributed by atoms with E-state index in [-0.39, 0.29) is 17.6 Å². The van der Waals surface area contributed by atoms with Crippen LogP contribution in [0, 0.1) is 0 Å². The molecule has 0 saturated carbocycles. The molecule has 0 aliphatic carbocycles. The van der Waals surface area contributed by atoms with Crippen LogP contribution in [0.15, 0.2) is 63.6 Å². The highest BCUT2D eigenvalue weighted by Crippen LogP contribution is 2.31. The van der Waals surface area contributed by atoms with Crippen LogP contribution >= 0.6 is 15.9 Å². The second-order valence-electron chi connectivity index (χ2n) is 6.66. The third kappa shape index (κ3) is 3.79. The summed E-state index contributed by atoms with van der Waals surface area (Å²) in [7, 11) is 3.42. The van der Waals surface area contributed by atoms with Gasteiger partial charge in [-0.1, -0.05) is 24.3 Å². The first-order chi connectivity index (χ1) is 14.4. The van der Waals surface area contributed by atoms with Crippen LogP contribution in [0.3, 0.4) is 0 Å². The lowest BCUT2D eigenvalue weighted by atomic mass is 10.1. The number of amides is 1. The van der Waals surface area contributed by atoms with E-state index < -0.39 is 0 Å². The number of hydrogen-bond donors (Lipinski definition) is 1. The minimum absolute atomic E-state index is 0.0731. The van der Waals surface area contributed by atoms with Crippen LogP contribution in [0.4, 0.5) is 5.82 Å². The number of benzene rings is 2. The van der Waals surface area contributed by atoms with Crippen molar-refractivity contribution >= 4 is 27.7 Å². The first-order valence-corrected chi connectivity index (χ1v) is 9.76. The van der Waals surface area contributed by atoms with E-state index in [0.29, 0.717) is 22.8 Å². The fraction of sp³-hybridized carbons (Fsp3) is 0.0952. The number of carbonyl (C=O) groups is 1. The lowest BCUT2D eigenvalue weighted by Gasteiger charge is -2.10. The summed E-state index contributed by atoms with van der Waals surface area (Å²) in [4.78, 5) is 22.4. The molecule has 8 nitrogen and oxygen atoms in total. The van der Waals surface area contributed by atoms with Crippen molar-refractivity contribution in [1.29, 1.82) is 0 Å². The summed E-state index contributed by atoms with van der Waals surface area (Å²) in [5.74, 6) is 0.624. The molecular weight excluding hydrogens is 448 g/mol. The fourth-order valence-corrected chi connectivity index (χ4v) is 3.25. The molecule has 0 saturated heterocycles. The van der Waals surface area contributed by atoms with Gasteiger partial charge in [0.25, 0.3) is 11.8 Å². The number of carbonyl (C=O) groups excluding carboxylic acids is 1. The first kappa shape index (κ1) is 19.7. The van der Waals surface area contributed by atoms with Crippen molar-refractivity contribution in [1.82, 2.24) is 25.1 Å². The van der Waals surface area contributed by atoms with Crippen molar-refractivity contribution in [2.45, 2.75) is 0 Å². The zero-order valence-electron chi connectivity index (χ0n) is 16.2. The zero-order valence-corrected chi connectivity index (χ0v) is 17.8. The Bertz CT molecular complexity index is 1220. The van der Waals surface area contributed by atoms with Crippen LogP contribution in [-0.4, -0.2) is 45.1 Å². The molecule has 1 amide bonds. The molecule has 2 heterocycles. The molecule has 0 fully saturated rings. The van der Waals surface area contributed by atoms with Crippen LogP contribution in [0.1, 0.15) is 10.4 Å². The zero-order chi connectivity index (χ0) is 21.3. The van der Waals surface area contributed by atoms with Gasteiger partial charge in [-0.3, -0.25) is 4.79 Å². The van der Waals surface area contributed by atoms with E-state index in [9.17, 15) is 4.79 Å². The predicted octanol–water partition coefficient (Wildman–Crippen LogP) is 3.91. The van der Waals surface area contributed by atoms with Crippen LogP contribution in [0.25, 0.3) is 34.3 Å². The van der Waals surface area contributed by atoms with Gasteiger partial charge >= 0.3 is 0 Å². The quantitative estimate of drug-likeness (QED) is 0.487. The second kappa shape index (κ2) is 8.03. The lowest BCUT2D eigenvalue weighted by Crippen LogP contribution is -2.21. The Morgan fingerprint density at radius 3 is 2.43 bits per heavy atom. The molecule has 0 spiro atoms. The lowest BCUT2D eigenvalue weighted by molar-refractivity contribution is 0.0827. The topological polar surface area (TPSA) is 111 Å². The van der Waals surface area contributed by atoms with Gasteiger partial charge in [-0.2, -0.15) is 0 Å². The number of halogens is 1. The Balaban J connectivity index is 1.68. The van der Waals surface area contributed by atoms with Crippen molar-refractivity contribution in [3.63, 3.8) is 0 Å². The molecule has 0 unspecified atom stereocenters. The summed E-state index contributed by atoms with van der Waals surface area (Å²) in [6.07, 6.45) is 1.56. The summed E-state index contributed by atoms with van der Waals surface area (Å²) in [5, 5.41) is 8.19. The van der Waals surface area contributed by atoms with Gasteiger partial charge in [0.05, 0.1) is 17.5 Å². The van der Waals surface area contributed by atoms with Crippen molar-refractivity contribution in [3.8, 4) is 34.3 Å². The molecule has 0 radical (unpaired) electrons. The second-order valence-corrected chi connectivity index (χ2v) is 7.51. The molecule has 0 bridgehead atoms. The Kier molecular flexibility index (Phi) is 5.28. The van der Waals surface area contributed by atoms with Gasteiger partial charge in [0, 0.05) is 29.7 Å². The number of nitrogen functional groups attached to an aromatic ring is 1. The third-order valence-corrected chi connectivity index (χ3v) is 5.06. The van der Waals surface area contributed by atoms with Crippen LogP contribution in [0.5, 0.6) is 0 Å². The summed E-state index contributed by atoms with van der Waals surface area (Å²) >= 11 is 3.47. The van der Waals surface area contributed by atoms with Gasteiger partial charge in [0.15, 0.2) is 11.5 Å². The Morgan fingerprint density at radius 2 is 1.73 bits per heavy atom. The number of nitrogens with two attached hydrogens (primary N) is 1. The molecule has 4 rings (SSSR count). The average Bonchev–Trinajstić information content (AvgIpc) is 3.23. The molecular formula is C21H17BrN6O2. The minimum atomic E-state index is -0.0731. The normalized spacial score (nSPS) is 10.8. The Labute approximate surface area is 180 Å². The summed E-state index contributed by atoms with van der Waals surface area (Å²) in [6, 6.07) is 14.6. The Hall–Kier alpha value is -3.59. The highest BCUT2D eigenvalue weighted by atomic mass is 79.9. The van der Waals surface area contributed by atoms with Gasteiger partial charge in [0.2, 0.25) is 5.89 Å². The minimum Gasteiger partial charge on any atom is -0.414 e. The maximum atomic E-state index is 12.1. The van der Waals surface area contributed by atoms with E-state index in [1.54, 1.807) is 44.6 Å². The van der Waals surface area contributed by atoms with Crippen LogP contribution in [-0.2, 0) is 0 Å². The number of rotatable bonds is 4. The number of hydrogen-bond acceptors (Lipinski definition) is 7. The highest BCUT2D eigenvalue weighted by molar-refractivity contribution is 9.10. The summed E-state index contributed by atoms with van der Waals surface area (Å²) in [5.41, 5.74) is 9.02. The van der Waals surface area contributed by atoms with Crippen LogP contribution < -0.4 is 5.73 Å². The average molecular weight is 465 g/mol. The first-order valence-electron chi connectivity index (χ1n) is 8.97.